The maximum absolute atomic E-state index is 12.9. The highest BCUT2D eigenvalue weighted by Crippen LogP contribution is 2.46. The van der Waals surface area contributed by atoms with Crippen LogP contribution in [0.2, 0.25) is 0 Å². The minimum atomic E-state index is -0.779. The van der Waals surface area contributed by atoms with Crippen LogP contribution in [0, 0.1) is 0 Å². The van der Waals surface area contributed by atoms with Crippen molar-refractivity contribution in [3.05, 3.63) is 102 Å². The van der Waals surface area contributed by atoms with E-state index in [1.807, 2.05) is 72.8 Å². The van der Waals surface area contributed by atoms with Crippen molar-refractivity contribution in [2.45, 2.75) is 11.8 Å². The van der Waals surface area contributed by atoms with Crippen LogP contribution in [0.5, 0.6) is 5.75 Å². The average molecular weight is 300 g/mol. The smallest absolute Gasteiger partial charge is 0.326 e. The number of esters is 1. The molecule has 1 aliphatic rings. The average Bonchev–Trinajstić information content (AvgIpc) is 2.89. The molecule has 2 heteroatoms. The van der Waals surface area contributed by atoms with Gasteiger partial charge in [0.15, 0.2) is 0 Å². The van der Waals surface area contributed by atoms with Gasteiger partial charge in [0.1, 0.15) is 11.2 Å². The minimum absolute atomic E-state index is 0.200. The maximum Gasteiger partial charge on any atom is 0.326 e. The van der Waals surface area contributed by atoms with E-state index >= 15 is 0 Å². The van der Waals surface area contributed by atoms with Gasteiger partial charge in [0.25, 0.3) is 0 Å². The Hall–Kier alpha value is -2.87. The topological polar surface area (TPSA) is 26.3 Å². The number of hydrogen-bond acceptors (Lipinski definition) is 2. The van der Waals surface area contributed by atoms with Crippen molar-refractivity contribution in [3.63, 3.8) is 0 Å². The Morgan fingerprint density at radius 1 is 0.739 bits per heavy atom. The first kappa shape index (κ1) is 13.8. The first-order valence-electron chi connectivity index (χ1n) is 7.72. The Morgan fingerprint density at radius 2 is 1.35 bits per heavy atom. The fraction of sp³-hybridized carbons (Fsp3) is 0.0952. The van der Waals surface area contributed by atoms with Crippen LogP contribution >= 0.6 is 0 Å². The third kappa shape index (κ3) is 2.15. The summed E-state index contributed by atoms with van der Waals surface area (Å²) in [5.74, 6) is 0.464. The highest BCUT2D eigenvalue weighted by atomic mass is 16.5. The highest BCUT2D eigenvalue weighted by Gasteiger charge is 2.50. The lowest BCUT2D eigenvalue weighted by Gasteiger charge is -2.27. The second kappa shape index (κ2) is 5.40. The van der Waals surface area contributed by atoms with Gasteiger partial charge in [-0.3, -0.25) is 4.79 Å². The summed E-state index contributed by atoms with van der Waals surface area (Å²) in [6.07, 6.45) is 0.591. The van der Waals surface area contributed by atoms with Gasteiger partial charge < -0.3 is 4.74 Å². The third-order valence-corrected chi connectivity index (χ3v) is 4.48. The van der Waals surface area contributed by atoms with Crippen LogP contribution in [0.1, 0.15) is 16.7 Å². The zero-order valence-electron chi connectivity index (χ0n) is 12.6. The Balaban J connectivity index is 1.94. The fourth-order valence-electron chi connectivity index (χ4n) is 3.37. The van der Waals surface area contributed by atoms with E-state index in [2.05, 4.69) is 12.1 Å². The molecule has 0 radical (unpaired) electrons. The fourth-order valence-corrected chi connectivity index (χ4v) is 3.37. The molecule has 0 spiro atoms. The quantitative estimate of drug-likeness (QED) is 0.537. The second-order valence-electron chi connectivity index (χ2n) is 5.82. The molecular formula is C21H16O2. The van der Waals surface area contributed by atoms with Crippen LogP contribution in [-0.2, 0) is 16.6 Å². The molecule has 4 rings (SSSR count). The van der Waals surface area contributed by atoms with Gasteiger partial charge in [-0.15, -0.1) is 0 Å². The van der Waals surface area contributed by atoms with E-state index in [0.717, 1.165) is 16.7 Å². The number of benzene rings is 3. The summed E-state index contributed by atoms with van der Waals surface area (Å²) in [6.45, 7) is 0. The van der Waals surface area contributed by atoms with Gasteiger partial charge in [0.2, 0.25) is 0 Å². The number of carbonyl (C=O) groups excluding carboxylic acids is 1. The summed E-state index contributed by atoms with van der Waals surface area (Å²) in [5, 5.41) is 0. The van der Waals surface area contributed by atoms with Gasteiger partial charge >= 0.3 is 5.97 Å². The van der Waals surface area contributed by atoms with E-state index in [0.29, 0.717) is 12.2 Å². The van der Waals surface area contributed by atoms with Gasteiger partial charge in [-0.1, -0.05) is 78.9 Å². The molecule has 23 heavy (non-hydrogen) atoms. The highest BCUT2D eigenvalue weighted by molar-refractivity contribution is 5.94. The Bertz CT molecular complexity index is 840. The van der Waals surface area contributed by atoms with E-state index in [1.54, 1.807) is 0 Å². The molecule has 1 atom stereocenters. The zero-order valence-corrected chi connectivity index (χ0v) is 12.6. The molecule has 2 nitrogen and oxygen atoms in total. The molecular weight excluding hydrogens is 284 g/mol. The standard InChI is InChI=1S/C21H16O2/c22-20-21(17-11-5-2-6-12-17,15-16-9-3-1-4-10-16)18-13-7-8-14-19(18)23-20/h1-14H,15H2. The normalized spacial score (nSPS) is 19.2. The molecule has 3 aromatic rings. The Kier molecular flexibility index (Phi) is 3.23. The van der Waals surface area contributed by atoms with Crippen molar-refractivity contribution >= 4 is 5.97 Å². The number of rotatable bonds is 3. The van der Waals surface area contributed by atoms with Crippen molar-refractivity contribution in [1.29, 1.82) is 0 Å². The first-order valence-corrected chi connectivity index (χ1v) is 7.72. The lowest BCUT2D eigenvalue weighted by molar-refractivity contribution is -0.136. The molecule has 0 saturated heterocycles. The van der Waals surface area contributed by atoms with E-state index in [9.17, 15) is 4.79 Å². The van der Waals surface area contributed by atoms with Crippen molar-refractivity contribution in [3.8, 4) is 5.75 Å². The molecule has 0 fully saturated rings. The molecule has 3 aromatic carbocycles. The molecule has 0 amide bonds. The molecule has 1 unspecified atom stereocenters. The van der Waals surface area contributed by atoms with Crippen LogP contribution in [0.15, 0.2) is 84.9 Å². The van der Waals surface area contributed by atoms with Crippen LogP contribution in [0.25, 0.3) is 0 Å². The molecule has 0 saturated carbocycles. The molecule has 1 heterocycles. The second-order valence-corrected chi connectivity index (χ2v) is 5.82. The zero-order chi connectivity index (χ0) is 15.7. The van der Waals surface area contributed by atoms with Crippen LogP contribution in [0.3, 0.4) is 0 Å². The lowest BCUT2D eigenvalue weighted by atomic mass is 9.71. The number of ether oxygens (including phenoxy) is 1. The Labute approximate surface area is 135 Å². The van der Waals surface area contributed by atoms with E-state index < -0.39 is 5.41 Å². The summed E-state index contributed by atoms with van der Waals surface area (Å²) < 4.78 is 5.61. The van der Waals surface area contributed by atoms with Crippen LogP contribution in [0.4, 0.5) is 0 Å². The number of para-hydroxylation sites is 1. The van der Waals surface area contributed by atoms with Gasteiger partial charge in [-0.25, -0.2) is 0 Å². The summed E-state index contributed by atoms with van der Waals surface area (Å²) >= 11 is 0. The summed E-state index contributed by atoms with van der Waals surface area (Å²) in [5.41, 5.74) is 2.25. The third-order valence-electron chi connectivity index (χ3n) is 4.48. The SMILES string of the molecule is O=C1Oc2ccccc2C1(Cc1ccccc1)c1ccccc1. The van der Waals surface area contributed by atoms with E-state index in [1.165, 1.54) is 0 Å². The minimum Gasteiger partial charge on any atom is -0.425 e. The van der Waals surface area contributed by atoms with Crippen LogP contribution < -0.4 is 4.74 Å². The summed E-state index contributed by atoms with van der Waals surface area (Å²) in [7, 11) is 0. The van der Waals surface area contributed by atoms with Crippen molar-refractivity contribution in [1.82, 2.24) is 0 Å². The van der Waals surface area contributed by atoms with E-state index in [-0.39, 0.29) is 5.97 Å². The summed E-state index contributed by atoms with van der Waals surface area (Å²) in [6, 6.07) is 27.7. The molecule has 0 aromatic heterocycles. The number of carbonyl (C=O) groups is 1. The predicted molar refractivity (Wildman–Crippen MR) is 89.4 cm³/mol. The first-order chi connectivity index (χ1) is 11.3. The van der Waals surface area contributed by atoms with Gasteiger partial charge in [-0.05, 0) is 23.6 Å². The number of hydrogen-bond donors (Lipinski definition) is 0. The molecule has 1 aliphatic heterocycles. The van der Waals surface area contributed by atoms with Crippen molar-refractivity contribution in [2.24, 2.45) is 0 Å². The monoisotopic (exact) mass is 300 g/mol. The predicted octanol–water partition coefficient (Wildman–Crippen LogP) is 4.13. The largest absolute Gasteiger partial charge is 0.425 e. The van der Waals surface area contributed by atoms with Gasteiger partial charge in [0, 0.05) is 5.56 Å². The molecule has 112 valence electrons. The van der Waals surface area contributed by atoms with Crippen molar-refractivity contribution < 1.29 is 9.53 Å². The van der Waals surface area contributed by atoms with Gasteiger partial charge in [-0.2, -0.15) is 0 Å². The van der Waals surface area contributed by atoms with Crippen LogP contribution in [-0.4, -0.2) is 5.97 Å². The Morgan fingerprint density at radius 3 is 2.09 bits per heavy atom. The van der Waals surface area contributed by atoms with E-state index in [4.69, 9.17) is 4.74 Å². The molecule has 0 bridgehead atoms. The molecule has 0 N–H and O–H groups in total. The lowest BCUT2D eigenvalue weighted by Crippen LogP contribution is -2.37. The van der Waals surface area contributed by atoms with Crippen molar-refractivity contribution in [2.75, 3.05) is 0 Å². The van der Waals surface area contributed by atoms with Gasteiger partial charge in [0.05, 0.1) is 0 Å². The summed E-state index contributed by atoms with van der Waals surface area (Å²) in [4.78, 5) is 12.9. The number of fused-ring (bicyclic) bond motifs is 1. The maximum atomic E-state index is 12.9. The molecule has 0 aliphatic carbocycles.